The van der Waals surface area contributed by atoms with E-state index in [0.29, 0.717) is 23.4 Å². The van der Waals surface area contributed by atoms with Crippen molar-refractivity contribution in [2.24, 2.45) is 5.41 Å². The first-order chi connectivity index (χ1) is 8.06. The maximum Gasteiger partial charge on any atom is 0.312 e. The topological polar surface area (TPSA) is 57.5 Å². The number of hydrogen-bond acceptors (Lipinski definition) is 2. The van der Waals surface area contributed by atoms with Crippen LogP contribution in [0, 0.1) is 5.41 Å². The van der Waals surface area contributed by atoms with Crippen molar-refractivity contribution in [3.8, 4) is 0 Å². The van der Waals surface area contributed by atoms with Crippen LogP contribution in [0.1, 0.15) is 37.4 Å². The van der Waals surface area contributed by atoms with Crippen molar-refractivity contribution in [1.29, 1.82) is 0 Å². The van der Waals surface area contributed by atoms with Gasteiger partial charge in [-0.25, -0.2) is 0 Å². The molecule has 1 unspecified atom stereocenters. The molecule has 0 aliphatic heterocycles. The van der Waals surface area contributed by atoms with E-state index in [9.17, 15) is 15.0 Å². The van der Waals surface area contributed by atoms with E-state index in [1.807, 2.05) is 0 Å². The van der Waals surface area contributed by atoms with Crippen LogP contribution in [0.2, 0.25) is 5.02 Å². The molecule has 0 amide bonds. The van der Waals surface area contributed by atoms with E-state index in [1.165, 1.54) is 0 Å². The van der Waals surface area contributed by atoms with Crippen molar-refractivity contribution in [3.05, 3.63) is 34.9 Å². The van der Waals surface area contributed by atoms with Crippen molar-refractivity contribution < 1.29 is 15.0 Å². The molecule has 1 fully saturated rings. The number of carbonyl (C=O) groups is 1. The van der Waals surface area contributed by atoms with Gasteiger partial charge in [0.2, 0.25) is 0 Å². The molecule has 3 nitrogen and oxygen atoms in total. The van der Waals surface area contributed by atoms with E-state index in [2.05, 4.69) is 0 Å². The van der Waals surface area contributed by atoms with Gasteiger partial charge in [0.15, 0.2) is 0 Å². The number of halogens is 1. The molecule has 0 bridgehead atoms. The lowest BCUT2D eigenvalue weighted by molar-refractivity contribution is -0.156. The normalized spacial score (nSPS) is 20.1. The first-order valence-electron chi connectivity index (χ1n) is 5.73. The Morgan fingerprint density at radius 2 is 1.76 bits per heavy atom. The number of benzene rings is 1. The van der Waals surface area contributed by atoms with Gasteiger partial charge >= 0.3 is 5.97 Å². The fourth-order valence-electron chi connectivity index (χ4n) is 2.57. The zero-order chi connectivity index (χ0) is 12.5. The fraction of sp³-hybridized carbons (Fsp3) is 0.462. The van der Waals surface area contributed by atoms with E-state index in [-0.39, 0.29) is 0 Å². The number of aliphatic hydroxyl groups excluding tert-OH is 1. The summed E-state index contributed by atoms with van der Waals surface area (Å²) < 4.78 is 0. The minimum Gasteiger partial charge on any atom is -0.481 e. The van der Waals surface area contributed by atoms with E-state index in [4.69, 9.17) is 11.6 Å². The standard InChI is InChI=1S/C13H15ClO3/c14-10-5-3-9(4-6-10)11(15)13(12(16)17)7-1-2-8-13/h3-6,11,15H,1-2,7-8H2,(H,16,17). The van der Waals surface area contributed by atoms with Gasteiger partial charge in [0.05, 0.1) is 11.5 Å². The summed E-state index contributed by atoms with van der Waals surface area (Å²) in [7, 11) is 0. The van der Waals surface area contributed by atoms with Gasteiger partial charge in [0.25, 0.3) is 0 Å². The van der Waals surface area contributed by atoms with E-state index in [0.717, 1.165) is 12.8 Å². The van der Waals surface area contributed by atoms with E-state index in [1.54, 1.807) is 24.3 Å². The Kier molecular flexibility index (Phi) is 3.40. The van der Waals surface area contributed by atoms with Gasteiger partial charge in [-0.1, -0.05) is 36.6 Å². The highest BCUT2D eigenvalue weighted by molar-refractivity contribution is 6.30. The maximum absolute atomic E-state index is 11.4. The number of aliphatic hydroxyl groups is 1. The molecular weight excluding hydrogens is 240 g/mol. The minimum atomic E-state index is -1.02. The number of hydrogen-bond donors (Lipinski definition) is 2. The third-order valence-corrected chi connectivity index (χ3v) is 3.88. The van der Waals surface area contributed by atoms with Gasteiger partial charge in [0, 0.05) is 5.02 Å². The molecule has 1 aliphatic rings. The second-order valence-corrected chi connectivity index (χ2v) is 5.06. The predicted molar refractivity (Wildman–Crippen MR) is 64.9 cm³/mol. The number of carboxylic acid groups (broad SMARTS) is 1. The molecular formula is C13H15ClO3. The average molecular weight is 255 g/mol. The number of rotatable bonds is 3. The van der Waals surface area contributed by atoms with Gasteiger partial charge in [-0.05, 0) is 30.5 Å². The molecule has 0 saturated heterocycles. The molecule has 0 heterocycles. The molecule has 2 rings (SSSR count). The summed E-state index contributed by atoms with van der Waals surface area (Å²) in [5, 5.41) is 20.3. The van der Waals surface area contributed by atoms with Crippen LogP contribution >= 0.6 is 11.6 Å². The summed E-state index contributed by atoms with van der Waals surface area (Å²) in [4.78, 5) is 11.4. The summed E-state index contributed by atoms with van der Waals surface area (Å²) in [5.74, 6) is -0.905. The Morgan fingerprint density at radius 3 is 2.24 bits per heavy atom. The SMILES string of the molecule is O=C(O)C1(C(O)c2ccc(Cl)cc2)CCCC1. The molecule has 1 aromatic rings. The molecule has 1 atom stereocenters. The summed E-state index contributed by atoms with van der Waals surface area (Å²) >= 11 is 5.78. The molecule has 17 heavy (non-hydrogen) atoms. The van der Waals surface area contributed by atoms with Gasteiger partial charge in [-0.3, -0.25) is 4.79 Å². The maximum atomic E-state index is 11.4. The zero-order valence-corrected chi connectivity index (χ0v) is 10.2. The van der Waals surface area contributed by atoms with Crippen LogP contribution in [-0.2, 0) is 4.79 Å². The average Bonchev–Trinajstić information content (AvgIpc) is 2.79. The summed E-state index contributed by atoms with van der Waals surface area (Å²) in [6.07, 6.45) is 1.83. The van der Waals surface area contributed by atoms with Gasteiger partial charge in [-0.2, -0.15) is 0 Å². The summed E-state index contributed by atoms with van der Waals surface area (Å²) in [6, 6.07) is 6.72. The lowest BCUT2D eigenvalue weighted by Crippen LogP contribution is -2.34. The van der Waals surface area contributed by atoms with Crippen LogP contribution < -0.4 is 0 Å². The lowest BCUT2D eigenvalue weighted by atomic mass is 9.77. The minimum absolute atomic E-state index is 0.534. The lowest BCUT2D eigenvalue weighted by Gasteiger charge is -2.30. The van der Waals surface area contributed by atoms with E-state index >= 15 is 0 Å². The van der Waals surface area contributed by atoms with Crippen LogP contribution in [0.5, 0.6) is 0 Å². The molecule has 0 aromatic heterocycles. The van der Waals surface area contributed by atoms with Crippen LogP contribution in [0.4, 0.5) is 0 Å². The monoisotopic (exact) mass is 254 g/mol. The molecule has 1 aromatic carbocycles. The Labute approximate surface area is 105 Å². The van der Waals surface area contributed by atoms with Crippen molar-refractivity contribution in [2.45, 2.75) is 31.8 Å². The van der Waals surface area contributed by atoms with Crippen LogP contribution in [0.25, 0.3) is 0 Å². The second kappa shape index (κ2) is 4.67. The number of carboxylic acids is 1. The van der Waals surface area contributed by atoms with Crippen molar-refractivity contribution in [3.63, 3.8) is 0 Å². The second-order valence-electron chi connectivity index (χ2n) is 4.62. The molecule has 2 N–H and O–H groups in total. The molecule has 92 valence electrons. The Hall–Kier alpha value is -1.06. The van der Waals surface area contributed by atoms with Crippen molar-refractivity contribution >= 4 is 17.6 Å². The first-order valence-corrected chi connectivity index (χ1v) is 6.11. The molecule has 4 heteroatoms. The van der Waals surface area contributed by atoms with E-state index < -0.39 is 17.5 Å². The predicted octanol–water partition coefficient (Wildman–Crippen LogP) is 3.02. The largest absolute Gasteiger partial charge is 0.481 e. The van der Waals surface area contributed by atoms with Crippen molar-refractivity contribution in [1.82, 2.24) is 0 Å². The van der Waals surface area contributed by atoms with Crippen LogP contribution in [0.15, 0.2) is 24.3 Å². The molecule has 0 spiro atoms. The Balaban J connectivity index is 2.31. The highest BCUT2D eigenvalue weighted by atomic mass is 35.5. The summed E-state index contributed by atoms with van der Waals surface area (Å²) in [6.45, 7) is 0. The van der Waals surface area contributed by atoms with Gasteiger partial charge in [0.1, 0.15) is 0 Å². The highest BCUT2D eigenvalue weighted by Crippen LogP contribution is 2.47. The fourth-order valence-corrected chi connectivity index (χ4v) is 2.70. The third kappa shape index (κ3) is 2.17. The van der Waals surface area contributed by atoms with Gasteiger partial charge in [-0.15, -0.1) is 0 Å². The number of aliphatic carboxylic acids is 1. The quantitative estimate of drug-likeness (QED) is 0.872. The first kappa shape index (κ1) is 12.4. The summed E-state index contributed by atoms with van der Waals surface area (Å²) in [5.41, 5.74) is -0.396. The molecule has 0 radical (unpaired) electrons. The van der Waals surface area contributed by atoms with Crippen molar-refractivity contribution in [2.75, 3.05) is 0 Å². The highest BCUT2D eigenvalue weighted by Gasteiger charge is 2.47. The Bertz CT molecular complexity index is 407. The van der Waals surface area contributed by atoms with Crippen LogP contribution in [-0.4, -0.2) is 16.2 Å². The Morgan fingerprint density at radius 1 is 1.24 bits per heavy atom. The van der Waals surface area contributed by atoms with Gasteiger partial charge < -0.3 is 10.2 Å². The van der Waals surface area contributed by atoms with Crippen LogP contribution in [0.3, 0.4) is 0 Å². The zero-order valence-electron chi connectivity index (χ0n) is 9.40. The molecule has 1 saturated carbocycles. The molecule has 1 aliphatic carbocycles. The smallest absolute Gasteiger partial charge is 0.312 e. The third-order valence-electron chi connectivity index (χ3n) is 3.63.